The average Bonchev–Trinajstić information content (AvgIpc) is 0.961. The molecule has 16 nitrogen and oxygen atoms in total. The zero-order valence-electron chi connectivity index (χ0n) is 60.5. The minimum atomic E-state index is -0.400. The Morgan fingerprint density at radius 2 is 0.586 bits per heavy atom. The van der Waals surface area contributed by atoms with Crippen LogP contribution >= 0.6 is 0 Å². The topological polar surface area (TPSA) is 253 Å². The van der Waals surface area contributed by atoms with Gasteiger partial charge in [0, 0.05) is 63.4 Å². The zero-order chi connectivity index (χ0) is 76.5. The predicted octanol–water partition coefficient (Wildman–Crippen LogP) is 16.7. The van der Waals surface area contributed by atoms with Crippen LogP contribution in [0.15, 0.2) is 292 Å². The number of benzene rings is 9. The number of phenolic OH excluding ortho intramolecular Hbond substituents is 1. The summed E-state index contributed by atoms with van der Waals surface area (Å²) in [5.41, 5.74) is 5.50. The molecule has 0 bridgehead atoms. The van der Waals surface area contributed by atoms with Crippen LogP contribution < -0.4 is 4.74 Å². The van der Waals surface area contributed by atoms with Crippen LogP contribution in [0.2, 0.25) is 0 Å². The highest BCUT2D eigenvalue weighted by atomic mass is 16.5. The SMILES string of the molecule is C=C(C)C(=O)OC.C=C(C)C(=O)OCC.C=C(C)C(=O)OCc1cc(C)c(O)c(C)c1.C=C(C)C(=O)OCc1ccccc1.C=C(C)C(=O)Oc1ccccc1.C=CC.CO.CO.CO.CO.CO.c1ccc2ccccc2c1.c1ccc2ccccc2c1.c1ccc2ccccc2c1. The number of carbonyl (C=O) groups is 5. The second-order valence-corrected chi connectivity index (χ2v) is 19.5. The molecule has 0 aliphatic heterocycles. The number of methoxy groups -OCH3 is 1. The van der Waals surface area contributed by atoms with Crippen LogP contribution in [0.1, 0.15) is 70.7 Å². The molecule has 99 heavy (non-hydrogen) atoms. The molecule has 0 spiro atoms. The van der Waals surface area contributed by atoms with Gasteiger partial charge < -0.3 is 54.3 Å². The van der Waals surface area contributed by atoms with Crippen molar-refractivity contribution in [3.8, 4) is 11.5 Å². The number of aliphatic hydroxyl groups is 5. The monoisotopic (exact) mass is 1360 g/mol. The Hall–Kier alpha value is -10.9. The Morgan fingerprint density at radius 1 is 0.364 bits per heavy atom. The molecule has 0 unspecified atom stereocenters. The summed E-state index contributed by atoms with van der Waals surface area (Å²) in [6.07, 6.45) is 1.75. The molecular formula is C83H106O16. The van der Waals surface area contributed by atoms with Crippen LogP contribution in [0.3, 0.4) is 0 Å². The predicted molar refractivity (Wildman–Crippen MR) is 407 cm³/mol. The lowest BCUT2D eigenvalue weighted by atomic mass is 10.1. The van der Waals surface area contributed by atoms with Crippen molar-refractivity contribution in [1.82, 2.24) is 0 Å². The summed E-state index contributed by atoms with van der Waals surface area (Å²) in [6.45, 7) is 36.9. The van der Waals surface area contributed by atoms with Crippen molar-refractivity contribution in [2.75, 3.05) is 49.3 Å². The second kappa shape index (κ2) is 64.5. The quantitative estimate of drug-likeness (QED) is 0.0231. The van der Waals surface area contributed by atoms with Gasteiger partial charge in [0.25, 0.3) is 0 Å². The number of ether oxygens (including phenoxy) is 5. The first-order valence-corrected chi connectivity index (χ1v) is 30.6. The first-order chi connectivity index (χ1) is 47.5. The lowest BCUT2D eigenvalue weighted by molar-refractivity contribution is -0.141. The maximum atomic E-state index is 11.2. The van der Waals surface area contributed by atoms with Gasteiger partial charge >= 0.3 is 29.8 Å². The van der Waals surface area contributed by atoms with Gasteiger partial charge in [-0.2, -0.15) is 0 Å². The number of carbonyl (C=O) groups excluding carboxylic acids is 5. The minimum absolute atomic E-state index is 0.202. The Morgan fingerprint density at radius 3 is 0.798 bits per heavy atom. The first-order valence-electron chi connectivity index (χ1n) is 30.6. The maximum Gasteiger partial charge on any atom is 0.338 e. The maximum absolute atomic E-state index is 11.2. The minimum Gasteiger partial charge on any atom is -0.507 e. The number of aryl methyl sites for hydroxylation is 2. The van der Waals surface area contributed by atoms with E-state index in [2.05, 4.69) is 195 Å². The lowest BCUT2D eigenvalue weighted by Crippen LogP contribution is -2.07. The van der Waals surface area contributed by atoms with Crippen LogP contribution in [0.25, 0.3) is 32.3 Å². The van der Waals surface area contributed by atoms with Crippen molar-refractivity contribution in [2.24, 2.45) is 0 Å². The molecule has 6 N–H and O–H groups in total. The second-order valence-electron chi connectivity index (χ2n) is 19.5. The number of esters is 5. The van der Waals surface area contributed by atoms with E-state index in [1.165, 1.54) is 39.4 Å². The molecule has 0 saturated heterocycles. The molecule has 0 fully saturated rings. The van der Waals surface area contributed by atoms with Gasteiger partial charge in [-0.25, -0.2) is 24.0 Å². The molecule has 16 heteroatoms. The Kier molecular flexibility index (Phi) is 63.1. The number of aliphatic hydroxyl groups excluding tert-OH is 5. The van der Waals surface area contributed by atoms with Crippen LogP contribution in [0.4, 0.5) is 0 Å². The van der Waals surface area contributed by atoms with E-state index < -0.39 is 5.97 Å². The molecule has 0 aliphatic carbocycles. The summed E-state index contributed by atoms with van der Waals surface area (Å²) >= 11 is 0. The molecule has 0 aliphatic rings. The molecule has 9 aromatic rings. The third-order valence-corrected chi connectivity index (χ3v) is 11.3. The summed E-state index contributed by atoms with van der Waals surface area (Å²) in [4.78, 5) is 53.8. The van der Waals surface area contributed by atoms with Crippen molar-refractivity contribution in [3.05, 3.63) is 314 Å². The van der Waals surface area contributed by atoms with Gasteiger partial charge in [-0.15, -0.1) is 6.58 Å². The number of hydrogen-bond acceptors (Lipinski definition) is 16. The van der Waals surface area contributed by atoms with Crippen molar-refractivity contribution >= 4 is 62.2 Å². The van der Waals surface area contributed by atoms with Crippen molar-refractivity contribution < 1.29 is 78.3 Å². The average molecular weight is 1360 g/mol. The lowest BCUT2D eigenvalue weighted by Gasteiger charge is -2.08. The Bertz CT molecular complexity index is 3320. The molecule has 9 rings (SSSR count). The number of hydrogen-bond donors (Lipinski definition) is 6. The standard InChI is InChI=1S/C13H16O3.C11H12O2.C10H10O2.3C10H8.C6H10O2.C5H8O2.C3H6.5CH4O/c1-8(2)13(15)16-7-11-5-9(3)12(14)10(4)6-11;1-9(2)11(12)13-8-10-6-4-3-5-7-10;1-8(2)10(11)12-9-6-4-3-5-7-9;3*1-2-6-10-8-4-3-7-9(10)5-1;1-4-8-6(7)5(2)3;1-4(2)5(6)7-3;1-3-2;5*1-2/h5-6,14H,1,7H2,2-4H3;3-7H,1,8H2,2H3;3-7H,1H2,2H3;3*1-8H;2,4H2,1,3H3;1H2,2-3H3;3H,1H2,2H3;5*2H,1H3. The van der Waals surface area contributed by atoms with Gasteiger partial charge in [0.15, 0.2) is 0 Å². The van der Waals surface area contributed by atoms with Gasteiger partial charge in [0.1, 0.15) is 24.7 Å². The Balaban J connectivity index is -0.000000334. The molecule has 9 aromatic carbocycles. The molecule has 0 heterocycles. The fourth-order valence-corrected chi connectivity index (χ4v) is 6.76. The summed E-state index contributed by atoms with van der Waals surface area (Å²) in [5.74, 6) is -0.957. The fraction of sp³-hybridized carbons (Fsp3) is 0.217. The zero-order valence-corrected chi connectivity index (χ0v) is 60.5. The van der Waals surface area contributed by atoms with E-state index in [9.17, 15) is 29.1 Å². The third kappa shape index (κ3) is 48.5. The van der Waals surface area contributed by atoms with Crippen molar-refractivity contribution in [2.45, 2.75) is 75.5 Å². The largest absolute Gasteiger partial charge is 0.507 e. The number of aromatic hydroxyl groups is 1. The van der Waals surface area contributed by atoms with Gasteiger partial charge in [-0.3, -0.25) is 0 Å². The summed E-state index contributed by atoms with van der Waals surface area (Å²) in [5, 5.41) is 52.4. The smallest absolute Gasteiger partial charge is 0.338 e. The van der Waals surface area contributed by atoms with Gasteiger partial charge in [-0.1, -0.05) is 233 Å². The highest BCUT2D eigenvalue weighted by molar-refractivity contribution is 5.89. The van der Waals surface area contributed by atoms with Crippen LogP contribution in [-0.4, -0.2) is 110 Å². The van der Waals surface area contributed by atoms with E-state index in [0.717, 1.165) is 57.8 Å². The van der Waals surface area contributed by atoms with E-state index in [4.69, 9.17) is 39.7 Å². The molecule has 0 amide bonds. The molecule has 0 atom stereocenters. The number of para-hydroxylation sites is 1. The number of phenols is 1. The Labute approximate surface area is 588 Å². The van der Waals surface area contributed by atoms with Crippen molar-refractivity contribution in [3.63, 3.8) is 0 Å². The fourth-order valence-electron chi connectivity index (χ4n) is 6.76. The van der Waals surface area contributed by atoms with E-state index in [-0.39, 0.29) is 36.2 Å². The highest BCUT2D eigenvalue weighted by Crippen LogP contribution is 2.23. The van der Waals surface area contributed by atoms with E-state index in [1.807, 2.05) is 57.2 Å². The van der Waals surface area contributed by atoms with Crippen LogP contribution in [0, 0.1) is 13.8 Å². The number of rotatable bonds is 11. The van der Waals surface area contributed by atoms with Gasteiger partial charge in [0.05, 0.1) is 13.7 Å². The third-order valence-electron chi connectivity index (χ3n) is 11.3. The number of allylic oxidation sites excluding steroid dienone is 1. The van der Waals surface area contributed by atoms with Gasteiger partial charge in [-0.05, 0) is 141 Å². The molecule has 534 valence electrons. The summed E-state index contributed by atoms with van der Waals surface area (Å²) < 4.78 is 23.7. The first kappa shape index (κ1) is 96.8. The molecule has 0 saturated carbocycles. The van der Waals surface area contributed by atoms with E-state index in [0.29, 0.717) is 46.8 Å². The highest BCUT2D eigenvalue weighted by Gasteiger charge is 2.08. The summed E-state index contributed by atoms with van der Waals surface area (Å²) in [7, 11) is 6.33. The van der Waals surface area contributed by atoms with Gasteiger partial charge in [0.2, 0.25) is 0 Å². The van der Waals surface area contributed by atoms with E-state index >= 15 is 0 Å². The van der Waals surface area contributed by atoms with Crippen LogP contribution in [-0.2, 0) is 56.1 Å². The molecule has 0 radical (unpaired) electrons. The molecular weight excluding hydrogens is 1250 g/mol. The van der Waals surface area contributed by atoms with Crippen molar-refractivity contribution in [1.29, 1.82) is 0 Å². The number of fused-ring (bicyclic) bond motifs is 3. The summed E-state index contributed by atoms with van der Waals surface area (Å²) in [6, 6.07) is 72.2. The molecule has 0 aromatic heterocycles. The normalized spacial score (nSPS) is 8.61. The van der Waals surface area contributed by atoms with E-state index in [1.54, 1.807) is 84.0 Å². The van der Waals surface area contributed by atoms with Crippen LogP contribution in [0.5, 0.6) is 11.5 Å².